The van der Waals surface area contributed by atoms with Crippen molar-refractivity contribution in [2.75, 3.05) is 40.1 Å². The molecule has 5 rings (SSSR count). The number of rotatable bonds is 16. The van der Waals surface area contributed by atoms with Crippen LogP contribution in [0.2, 0.25) is 0 Å². The Balaban J connectivity index is 1.51. The van der Waals surface area contributed by atoms with E-state index in [1.807, 2.05) is 13.8 Å². The van der Waals surface area contributed by atoms with E-state index in [-0.39, 0.29) is 45.1 Å². The topological polar surface area (TPSA) is 124 Å². The second-order valence-electron chi connectivity index (χ2n) is 15.2. The second-order valence-corrected chi connectivity index (χ2v) is 15.2. The van der Waals surface area contributed by atoms with Gasteiger partial charge in [-0.1, -0.05) is 6.92 Å². The van der Waals surface area contributed by atoms with Crippen molar-refractivity contribution in [2.45, 2.75) is 111 Å². The summed E-state index contributed by atoms with van der Waals surface area (Å²) >= 11 is 0. The van der Waals surface area contributed by atoms with Crippen molar-refractivity contribution in [1.82, 2.24) is 0 Å². The molecule has 5 fully saturated rings. The molecule has 0 N–H and O–H groups in total. The van der Waals surface area contributed by atoms with Crippen molar-refractivity contribution in [3.63, 3.8) is 0 Å². The van der Waals surface area contributed by atoms with Gasteiger partial charge in [0.15, 0.2) is 0 Å². The molecule has 0 aromatic rings. The fourth-order valence-corrected chi connectivity index (χ4v) is 8.56. The van der Waals surface area contributed by atoms with E-state index < -0.39 is 45.9 Å². The second kappa shape index (κ2) is 13.7. The van der Waals surface area contributed by atoms with Gasteiger partial charge in [0, 0.05) is 13.5 Å². The molecular weight excluding hydrogens is 568 g/mol. The van der Waals surface area contributed by atoms with Crippen LogP contribution in [0.5, 0.6) is 0 Å². The SMILES string of the molecule is CCC(C)(CC(C)(CC(C)(C)C(=O)OCCOCCOC)C(=O)OC1CCOC1=O)C(=O)OC1(C)C2CC3CC(C2)CC1C3. The van der Waals surface area contributed by atoms with Crippen LogP contribution in [0.1, 0.15) is 99.3 Å². The highest BCUT2D eigenvalue weighted by molar-refractivity contribution is 5.85. The van der Waals surface area contributed by atoms with Crippen LogP contribution in [0.3, 0.4) is 0 Å². The van der Waals surface area contributed by atoms with Crippen molar-refractivity contribution in [3.05, 3.63) is 0 Å². The Morgan fingerprint density at radius 3 is 2.00 bits per heavy atom. The molecule has 10 heteroatoms. The van der Waals surface area contributed by atoms with Crippen LogP contribution in [0.15, 0.2) is 0 Å². The molecule has 0 aromatic carbocycles. The molecule has 4 saturated carbocycles. The van der Waals surface area contributed by atoms with Gasteiger partial charge in [-0.2, -0.15) is 0 Å². The number of hydrogen-bond acceptors (Lipinski definition) is 10. The highest BCUT2D eigenvalue weighted by Gasteiger charge is 2.59. The molecule has 4 bridgehead atoms. The van der Waals surface area contributed by atoms with Gasteiger partial charge in [-0.3, -0.25) is 14.4 Å². The molecule has 5 aliphatic rings. The lowest BCUT2D eigenvalue weighted by molar-refractivity contribution is -0.214. The molecule has 4 aliphatic carbocycles. The summed E-state index contributed by atoms with van der Waals surface area (Å²) < 4.78 is 33.1. The normalized spacial score (nSPS) is 32.0. The Labute approximate surface area is 262 Å². The standard InChI is InChI=1S/C34H54O10/c1-8-32(4,30(38)44-34(6)24-16-22-15-23(18-24)19-25(34)17-22)21-33(5,29(37)43-26-9-10-41-27(26)35)20-31(2,3)28(36)42-14-13-40-12-11-39-7/h22-26H,8-21H2,1-7H3. The highest BCUT2D eigenvalue weighted by atomic mass is 16.6. The van der Waals surface area contributed by atoms with Crippen LogP contribution in [0, 0.1) is 39.9 Å². The van der Waals surface area contributed by atoms with E-state index in [1.165, 1.54) is 6.42 Å². The Hall–Kier alpha value is -2.20. The van der Waals surface area contributed by atoms with E-state index in [2.05, 4.69) is 6.92 Å². The van der Waals surface area contributed by atoms with Gasteiger partial charge in [-0.15, -0.1) is 0 Å². The van der Waals surface area contributed by atoms with Gasteiger partial charge in [0.25, 0.3) is 0 Å². The minimum Gasteiger partial charge on any atom is -0.463 e. The largest absolute Gasteiger partial charge is 0.463 e. The molecule has 0 amide bonds. The van der Waals surface area contributed by atoms with Crippen LogP contribution in [0.25, 0.3) is 0 Å². The van der Waals surface area contributed by atoms with Crippen LogP contribution in [-0.4, -0.2) is 75.7 Å². The number of carbonyl (C=O) groups is 4. The molecule has 0 aromatic heterocycles. The molecule has 44 heavy (non-hydrogen) atoms. The van der Waals surface area contributed by atoms with Crippen LogP contribution >= 0.6 is 0 Å². The molecule has 10 nitrogen and oxygen atoms in total. The Morgan fingerprint density at radius 1 is 0.841 bits per heavy atom. The van der Waals surface area contributed by atoms with Gasteiger partial charge in [-0.05, 0) is 110 Å². The molecule has 3 unspecified atom stereocenters. The van der Waals surface area contributed by atoms with Crippen molar-refractivity contribution in [3.8, 4) is 0 Å². The quantitative estimate of drug-likeness (QED) is 0.131. The first-order valence-electron chi connectivity index (χ1n) is 16.5. The summed E-state index contributed by atoms with van der Waals surface area (Å²) in [5.74, 6) is 0.166. The van der Waals surface area contributed by atoms with Gasteiger partial charge in [0.1, 0.15) is 12.2 Å². The summed E-state index contributed by atoms with van der Waals surface area (Å²) in [4.78, 5) is 53.6. The Bertz CT molecular complexity index is 1040. The predicted octanol–water partition coefficient (Wildman–Crippen LogP) is 5.04. The van der Waals surface area contributed by atoms with Crippen LogP contribution in [-0.2, 0) is 47.6 Å². The zero-order valence-electron chi connectivity index (χ0n) is 27.9. The molecule has 3 atom stereocenters. The summed E-state index contributed by atoms with van der Waals surface area (Å²) in [5, 5.41) is 0. The lowest BCUT2D eigenvalue weighted by atomic mass is 9.50. The number of methoxy groups -OCH3 is 1. The molecule has 1 aliphatic heterocycles. The number of carbonyl (C=O) groups excluding carboxylic acids is 4. The number of hydrogen-bond donors (Lipinski definition) is 0. The van der Waals surface area contributed by atoms with E-state index >= 15 is 0 Å². The monoisotopic (exact) mass is 622 g/mol. The lowest BCUT2D eigenvalue weighted by Crippen LogP contribution is -2.59. The van der Waals surface area contributed by atoms with Crippen molar-refractivity contribution < 1.29 is 47.6 Å². The van der Waals surface area contributed by atoms with Gasteiger partial charge < -0.3 is 28.4 Å². The molecule has 0 spiro atoms. The predicted molar refractivity (Wildman–Crippen MR) is 160 cm³/mol. The van der Waals surface area contributed by atoms with Gasteiger partial charge in [0.2, 0.25) is 6.10 Å². The summed E-state index contributed by atoms with van der Waals surface area (Å²) in [6.07, 6.45) is 5.55. The number of cyclic esters (lactones) is 1. The van der Waals surface area contributed by atoms with E-state index in [1.54, 1.807) is 27.9 Å². The highest BCUT2D eigenvalue weighted by Crippen LogP contribution is 2.60. The minimum atomic E-state index is -1.31. The number of ether oxygens (including phenoxy) is 6. The zero-order valence-corrected chi connectivity index (χ0v) is 27.9. The third kappa shape index (κ3) is 7.43. The first-order chi connectivity index (χ1) is 20.7. The summed E-state index contributed by atoms with van der Waals surface area (Å²) in [6.45, 7) is 12.3. The van der Waals surface area contributed by atoms with Crippen molar-refractivity contribution >= 4 is 23.9 Å². The van der Waals surface area contributed by atoms with Crippen LogP contribution < -0.4 is 0 Å². The molecular formula is C34H54O10. The molecule has 250 valence electrons. The summed E-state index contributed by atoms with van der Waals surface area (Å²) in [5.41, 5.74) is -3.96. The third-order valence-electron chi connectivity index (χ3n) is 11.0. The maximum Gasteiger partial charge on any atom is 0.347 e. The van der Waals surface area contributed by atoms with Crippen LogP contribution in [0.4, 0.5) is 0 Å². The molecule has 1 heterocycles. The lowest BCUT2D eigenvalue weighted by Gasteiger charge is -2.59. The zero-order chi connectivity index (χ0) is 32.3. The van der Waals surface area contributed by atoms with Crippen molar-refractivity contribution in [2.24, 2.45) is 39.9 Å². The fraction of sp³-hybridized carbons (Fsp3) is 0.882. The van der Waals surface area contributed by atoms with E-state index in [9.17, 15) is 19.2 Å². The molecule has 1 saturated heterocycles. The summed E-state index contributed by atoms with van der Waals surface area (Å²) in [6, 6.07) is 0. The minimum absolute atomic E-state index is 0.0404. The summed E-state index contributed by atoms with van der Waals surface area (Å²) in [7, 11) is 1.58. The first kappa shape index (κ1) is 34.7. The first-order valence-corrected chi connectivity index (χ1v) is 16.5. The van der Waals surface area contributed by atoms with E-state index in [0.717, 1.165) is 37.5 Å². The van der Waals surface area contributed by atoms with Gasteiger partial charge in [0.05, 0.1) is 42.7 Å². The average molecular weight is 623 g/mol. The maximum absolute atomic E-state index is 14.2. The number of esters is 4. The average Bonchev–Trinajstić information content (AvgIpc) is 3.36. The van der Waals surface area contributed by atoms with Crippen molar-refractivity contribution in [1.29, 1.82) is 0 Å². The third-order valence-corrected chi connectivity index (χ3v) is 11.0. The maximum atomic E-state index is 14.2. The Morgan fingerprint density at radius 2 is 1.45 bits per heavy atom. The van der Waals surface area contributed by atoms with Gasteiger partial charge in [-0.25, -0.2) is 4.79 Å². The van der Waals surface area contributed by atoms with E-state index in [4.69, 9.17) is 28.4 Å². The fourth-order valence-electron chi connectivity index (χ4n) is 8.56. The molecule has 0 radical (unpaired) electrons. The van der Waals surface area contributed by atoms with E-state index in [0.29, 0.717) is 31.5 Å². The van der Waals surface area contributed by atoms with Gasteiger partial charge >= 0.3 is 23.9 Å². The smallest absolute Gasteiger partial charge is 0.347 e. The Kier molecular flexibility index (Phi) is 10.8.